The summed E-state index contributed by atoms with van der Waals surface area (Å²) in [4.78, 5) is 26.2. The number of carbonyl (C=O) groups excluding carboxylic acids is 2. The monoisotopic (exact) mass is 447 g/mol. The number of anilines is 1. The molecule has 0 aliphatic heterocycles. The van der Waals surface area contributed by atoms with Gasteiger partial charge in [-0.05, 0) is 63.1 Å². The number of nitrogens with one attached hydrogen (secondary N) is 1. The largest absolute Gasteiger partial charge is 0.493 e. The van der Waals surface area contributed by atoms with Crippen LogP contribution in [-0.4, -0.2) is 25.1 Å². The van der Waals surface area contributed by atoms with E-state index in [1.165, 1.54) is 7.11 Å². The lowest BCUT2D eigenvalue weighted by Gasteiger charge is -2.20. The molecule has 1 amide bonds. The maximum atomic E-state index is 13.2. The van der Waals surface area contributed by atoms with Crippen LogP contribution in [0.2, 0.25) is 0 Å². The van der Waals surface area contributed by atoms with Crippen LogP contribution in [0.25, 0.3) is 0 Å². The van der Waals surface area contributed by atoms with Gasteiger partial charge in [0.05, 0.1) is 18.8 Å². The third-order valence-corrected chi connectivity index (χ3v) is 4.98. The van der Waals surface area contributed by atoms with Gasteiger partial charge in [0, 0.05) is 11.3 Å². The summed E-state index contributed by atoms with van der Waals surface area (Å²) < 4.78 is 16.8. The van der Waals surface area contributed by atoms with Gasteiger partial charge in [-0.15, -0.1) is 0 Å². The summed E-state index contributed by atoms with van der Waals surface area (Å²) in [5, 5.41) is 2.90. The second kappa shape index (κ2) is 10.7. The molecule has 3 aromatic rings. The molecule has 0 aromatic heterocycles. The molecule has 1 unspecified atom stereocenters. The normalized spacial score (nSPS) is 11.6. The van der Waals surface area contributed by atoms with Crippen LogP contribution in [0.15, 0.2) is 66.7 Å². The summed E-state index contributed by atoms with van der Waals surface area (Å²) in [5.74, 6) is -0.144. The molecule has 172 valence electrons. The quantitative estimate of drug-likeness (QED) is 0.453. The topological polar surface area (TPSA) is 73.9 Å². The number of benzene rings is 3. The predicted octanol–water partition coefficient (Wildman–Crippen LogP) is 5.64. The highest BCUT2D eigenvalue weighted by Crippen LogP contribution is 2.30. The Kier molecular flexibility index (Phi) is 7.72. The van der Waals surface area contributed by atoms with E-state index in [4.69, 9.17) is 14.2 Å². The lowest BCUT2D eigenvalue weighted by Crippen LogP contribution is -2.26. The lowest BCUT2D eigenvalue weighted by molar-refractivity contribution is -0.125. The van der Waals surface area contributed by atoms with Crippen LogP contribution >= 0.6 is 0 Å². The van der Waals surface area contributed by atoms with Crippen LogP contribution in [-0.2, 0) is 9.53 Å². The van der Waals surface area contributed by atoms with Gasteiger partial charge in [-0.3, -0.25) is 4.79 Å². The molecule has 33 heavy (non-hydrogen) atoms. The first kappa shape index (κ1) is 23.9. The Morgan fingerprint density at radius 3 is 2.27 bits per heavy atom. The van der Waals surface area contributed by atoms with Crippen molar-refractivity contribution in [3.05, 3.63) is 89.0 Å². The molecule has 6 nitrogen and oxygen atoms in total. The molecule has 0 radical (unpaired) electrons. The summed E-state index contributed by atoms with van der Waals surface area (Å²) in [6.45, 7) is 7.66. The van der Waals surface area contributed by atoms with Gasteiger partial charge in [-0.25, -0.2) is 4.79 Å². The molecule has 0 saturated carbocycles. The minimum atomic E-state index is -1.13. The average Bonchev–Trinajstić information content (AvgIpc) is 2.80. The Balaban J connectivity index is 1.87. The Bertz CT molecular complexity index is 1120. The van der Waals surface area contributed by atoms with Gasteiger partial charge in [0.25, 0.3) is 5.91 Å². The highest BCUT2D eigenvalue weighted by Gasteiger charge is 2.27. The number of amides is 1. The van der Waals surface area contributed by atoms with Gasteiger partial charge in [0.2, 0.25) is 6.10 Å². The molecule has 6 heteroatoms. The number of hydrogen-bond acceptors (Lipinski definition) is 5. The Morgan fingerprint density at radius 2 is 1.61 bits per heavy atom. The van der Waals surface area contributed by atoms with Gasteiger partial charge in [0.1, 0.15) is 0 Å². The third-order valence-electron chi connectivity index (χ3n) is 4.98. The molecule has 0 fully saturated rings. The first-order chi connectivity index (χ1) is 15.8. The summed E-state index contributed by atoms with van der Waals surface area (Å²) in [5.41, 5.74) is 3.43. The van der Waals surface area contributed by atoms with Crippen LogP contribution < -0.4 is 14.8 Å². The number of ether oxygens (including phenoxy) is 3. The Labute approximate surface area is 194 Å². The molecule has 0 saturated heterocycles. The molecular weight excluding hydrogens is 418 g/mol. The van der Waals surface area contributed by atoms with Gasteiger partial charge in [0.15, 0.2) is 11.5 Å². The molecule has 0 heterocycles. The molecule has 1 N–H and O–H groups in total. The van der Waals surface area contributed by atoms with Crippen molar-refractivity contribution in [1.82, 2.24) is 0 Å². The maximum absolute atomic E-state index is 13.2. The van der Waals surface area contributed by atoms with E-state index < -0.39 is 18.0 Å². The molecule has 0 aliphatic carbocycles. The zero-order valence-corrected chi connectivity index (χ0v) is 19.5. The van der Waals surface area contributed by atoms with Gasteiger partial charge < -0.3 is 19.5 Å². The molecule has 3 rings (SSSR count). The fourth-order valence-electron chi connectivity index (χ4n) is 3.29. The average molecular weight is 448 g/mol. The second-order valence-corrected chi connectivity index (χ2v) is 8.04. The van der Waals surface area contributed by atoms with Crippen molar-refractivity contribution in [2.75, 3.05) is 12.4 Å². The summed E-state index contributed by atoms with van der Waals surface area (Å²) >= 11 is 0. The van der Waals surface area contributed by atoms with E-state index in [-0.39, 0.29) is 11.7 Å². The van der Waals surface area contributed by atoms with Gasteiger partial charge in [-0.2, -0.15) is 0 Å². The highest BCUT2D eigenvalue weighted by atomic mass is 16.5. The van der Waals surface area contributed by atoms with E-state index in [2.05, 4.69) is 5.32 Å². The number of esters is 1. The molecule has 1 atom stereocenters. The SMILES string of the molecule is COc1cc(C(=O)OC(C(=O)Nc2cc(C)ccc2C)c2ccccc2)ccc1OC(C)C. The first-order valence-electron chi connectivity index (χ1n) is 10.8. The van der Waals surface area contributed by atoms with E-state index in [9.17, 15) is 9.59 Å². The number of hydrogen-bond donors (Lipinski definition) is 1. The fourth-order valence-corrected chi connectivity index (χ4v) is 3.29. The summed E-state index contributed by atoms with van der Waals surface area (Å²) in [7, 11) is 1.50. The van der Waals surface area contributed by atoms with E-state index >= 15 is 0 Å². The zero-order chi connectivity index (χ0) is 24.0. The molecular formula is C27H29NO5. The minimum absolute atomic E-state index is 0.0482. The van der Waals surface area contributed by atoms with Crippen LogP contribution in [0.3, 0.4) is 0 Å². The molecule has 0 aliphatic rings. The molecule has 3 aromatic carbocycles. The standard InChI is InChI=1S/C27H29NO5/c1-17(2)32-23-14-13-21(16-24(23)31-5)27(30)33-25(20-9-7-6-8-10-20)26(29)28-22-15-18(3)11-12-19(22)4/h6-17,25H,1-5H3,(H,28,29). The third kappa shape index (κ3) is 6.13. The van der Waals surface area contributed by atoms with Gasteiger partial charge in [-0.1, -0.05) is 42.5 Å². The summed E-state index contributed by atoms with van der Waals surface area (Å²) in [6, 6.07) is 19.5. The fraction of sp³-hybridized carbons (Fsp3) is 0.259. The number of rotatable bonds is 8. The van der Waals surface area contributed by atoms with Crippen molar-refractivity contribution in [1.29, 1.82) is 0 Å². The Hall–Kier alpha value is -3.80. The van der Waals surface area contributed by atoms with Crippen molar-refractivity contribution in [3.63, 3.8) is 0 Å². The van der Waals surface area contributed by atoms with Crippen LogP contribution in [0, 0.1) is 13.8 Å². The van der Waals surface area contributed by atoms with Crippen molar-refractivity contribution in [2.24, 2.45) is 0 Å². The maximum Gasteiger partial charge on any atom is 0.339 e. The number of methoxy groups -OCH3 is 1. The van der Waals surface area contributed by atoms with Crippen molar-refractivity contribution < 1.29 is 23.8 Å². The van der Waals surface area contributed by atoms with Crippen LogP contribution in [0.4, 0.5) is 5.69 Å². The summed E-state index contributed by atoms with van der Waals surface area (Å²) in [6.07, 6.45) is -1.18. The number of carbonyl (C=O) groups is 2. The van der Waals surface area contributed by atoms with E-state index in [1.54, 1.807) is 42.5 Å². The van der Waals surface area contributed by atoms with Crippen LogP contribution in [0.5, 0.6) is 11.5 Å². The molecule has 0 bridgehead atoms. The lowest BCUT2D eigenvalue weighted by atomic mass is 10.1. The zero-order valence-electron chi connectivity index (χ0n) is 19.5. The number of aryl methyl sites for hydroxylation is 2. The van der Waals surface area contributed by atoms with Crippen molar-refractivity contribution in [2.45, 2.75) is 39.9 Å². The van der Waals surface area contributed by atoms with E-state index in [0.717, 1.165) is 11.1 Å². The first-order valence-corrected chi connectivity index (χ1v) is 10.8. The van der Waals surface area contributed by atoms with E-state index in [0.29, 0.717) is 22.7 Å². The van der Waals surface area contributed by atoms with Crippen molar-refractivity contribution in [3.8, 4) is 11.5 Å². The van der Waals surface area contributed by atoms with Crippen LogP contribution in [0.1, 0.15) is 47.0 Å². The van der Waals surface area contributed by atoms with E-state index in [1.807, 2.05) is 52.0 Å². The van der Waals surface area contributed by atoms with Crippen molar-refractivity contribution >= 4 is 17.6 Å². The molecule has 0 spiro atoms. The Morgan fingerprint density at radius 1 is 0.879 bits per heavy atom. The second-order valence-electron chi connectivity index (χ2n) is 8.04. The predicted molar refractivity (Wildman–Crippen MR) is 128 cm³/mol. The highest BCUT2D eigenvalue weighted by molar-refractivity contribution is 5.98. The smallest absolute Gasteiger partial charge is 0.339 e. The van der Waals surface area contributed by atoms with Gasteiger partial charge >= 0.3 is 5.97 Å². The minimum Gasteiger partial charge on any atom is -0.493 e.